The van der Waals surface area contributed by atoms with Gasteiger partial charge in [-0.25, -0.2) is 0 Å². The quantitative estimate of drug-likeness (QED) is 0.658. The number of ether oxygens (including phenoxy) is 1. The van der Waals surface area contributed by atoms with Gasteiger partial charge in [-0.2, -0.15) is 0 Å². The van der Waals surface area contributed by atoms with Crippen molar-refractivity contribution in [3.05, 3.63) is 0 Å². The molecule has 1 unspecified atom stereocenters. The Balaban J connectivity index is 2.31. The standard InChI is InChI=1S/C11H22N2O3/c1-3-4-11(15)7-13(8-11)10(14)5-9(6-12)16-2/h9,15H,3-8,12H2,1-2H3. The third kappa shape index (κ3) is 3.17. The molecule has 0 aromatic heterocycles. The molecule has 1 rings (SSSR count). The van der Waals surface area contributed by atoms with Gasteiger partial charge in [-0.3, -0.25) is 4.79 Å². The largest absolute Gasteiger partial charge is 0.386 e. The highest BCUT2D eigenvalue weighted by Gasteiger charge is 2.42. The van der Waals surface area contributed by atoms with Crippen molar-refractivity contribution in [2.24, 2.45) is 5.73 Å². The second kappa shape index (κ2) is 5.61. The summed E-state index contributed by atoms with van der Waals surface area (Å²) < 4.78 is 5.05. The third-order valence-corrected chi connectivity index (χ3v) is 3.04. The molecule has 1 aliphatic heterocycles. The van der Waals surface area contributed by atoms with Crippen LogP contribution < -0.4 is 5.73 Å². The Morgan fingerprint density at radius 1 is 1.62 bits per heavy atom. The highest BCUT2D eigenvalue weighted by Crippen LogP contribution is 2.26. The monoisotopic (exact) mass is 230 g/mol. The van der Waals surface area contributed by atoms with Gasteiger partial charge in [-0.1, -0.05) is 13.3 Å². The fraction of sp³-hybridized carbons (Fsp3) is 0.909. The first kappa shape index (κ1) is 13.4. The van der Waals surface area contributed by atoms with Crippen molar-refractivity contribution in [2.75, 3.05) is 26.7 Å². The fourth-order valence-electron chi connectivity index (χ4n) is 2.05. The number of nitrogens with two attached hydrogens (primary N) is 1. The zero-order valence-corrected chi connectivity index (χ0v) is 10.1. The van der Waals surface area contributed by atoms with E-state index < -0.39 is 5.60 Å². The van der Waals surface area contributed by atoms with Gasteiger partial charge >= 0.3 is 0 Å². The zero-order valence-electron chi connectivity index (χ0n) is 10.1. The van der Waals surface area contributed by atoms with E-state index in [-0.39, 0.29) is 12.0 Å². The summed E-state index contributed by atoms with van der Waals surface area (Å²) in [5, 5.41) is 9.93. The van der Waals surface area contributed by atoms with Gasteiger partial charge in [0, 0.05) is 13.7 Å². The van der Waals surface area contributed by atoms with Crippen molar-refractivity contribution in [3.8, 4) is 0 Å². The molecule has 5 heteroatoms. The van der Waals surface area contributed by atoms with Crippen molar-refractivity contribution >= 4 is 5.91 Å². The molecule has 0 bridgehead atoms. The number of hydrogen-bond acceptors (Lipinski definition) is 4. The Morgan fingerprint density at radius 2 is 2.25 bits per heavy atom. The SMILES string of the molecule is CCCC1(O)CN(C(=O)CC(CN)OC)C1. The maximum atomic E-state index is 11.7. The van der Waals surface area contributed by atoms with Crippen molar-refractivity contribution < 1.29 is 14.6 Å². The second-order valence-electron chi connectivity index (χ2n) is 4.52. The molecule has 1 saturated heterocycles. The van der Waals surface area contributed by atoms with E-state index in [4.69, 9.17) is 10.5 Å². The number of carbonyl (C=O) groups is 1. The van der Waals surface area contributed by atoms with Gasteiger partial charge in [0.25, 0.3) is 0 Å². The van der Waals surface area contributed by atoms with Crippen LogP contribution in [0.25, 0.3) is 0 Å². The Bertz CT molecular complexity index is 235. The molecule has 94 valence electrons. The van der Waals surface area contributed by atoms with Gasteiger partial charge in [-0.05, 0) is 6.42 Å². The smallest absolute Gasteiger partial charge is 0.225 e. The predicted molar refractivity (Wildman–Crippen MR) is 60.9 cm³/mol. The predicted octanol–water partition coefficient (Wildman–Crippen LogP) is -0.276. The van der Waals surface area contributed by atoms with Crippen molar-refractivity contribution in [3.63, 3.8) is 0 Å². The number of rotatable bonds is 6. The summed E-state index contributed by atoms with van der Waals surface area (Å²) in [7, 11) is 1.55. The number of likely N-dealkylation sites (tertiary alicyclic amines) is 1. The lowest BCUT2D eigenvalue weighted by molar-refractivity contribution is -0.158. The summed E-state index contributed by atoms with van der Waals surface area (Å²) in [6, 6.07) is 0. The summed E-state index contributed by atoms with van der Waals surface area (Å²) in [5.41, 5.74) is 4.79. The summed E-state index contributed by atoms with van der Waals surface area (Å²) in [6.45, 7) is 3.26. The molecule has 0 saturated carbocycles. The molecule has 0 aliphatic carbocycles. The topological polar surface area (TPSA) is 75.8 Å². The van der Waals surface area contributed by atoms with Gasteiger partial charge in [0.2, 0.25) is 5.91 Å². The molecular formula is C11H22N2O3. The van der Waals surface area contributed by atoms with Crippen LogP contribution in [0, 0.1) is 0 Å². The van der Waals surface area contributed by atoms with Crippen LogP contribution >= 0.6 is 0 Å². The Labute approximate surface area is 96.6 Å². The summed E-state index contributed by atoms with van der Waals surface area (Å²) in [6.07, 6.45) is 1.77. The minimum Gasteiger partial charge on any atom is -0.386 e. The molecule has 1 aliphatic rings. The number of aliphatic hydroxyl groups is 1. The van der Waals surface area contributed by atoms with Gasteiger partial charge in [0.1, 0.15) is 0 Å². The van der Waals surface area contributed by atoms with E-state index in [0.29, 0.717) is 26.1 Å². The summed E-state index contributed by atoms with van der Waals surface area (Å²) >= 11 is 0. The van der Waals surface area contributed by atoms with Crippen LogP contribution in [0.5, 0.6) is 0 Å². The van der Waals surface area contributed by atoms with E-state index in [2.05, 4.69) is 0 Å². The molecule has 3 N–H and O–H groups in total. The lowest BCUT2D eigenvalue weighted by Gasteiger charge is -2.46. The van der Waals surface area contributed by atoms with Gasteiger partial charge in [0.05, 0.1) is 31.2 Å². The molecule has 0 aromatic rings. The van der Waals surface area contributed by atoms with Crippen LogP contribution in [0.15, 0.2) is 0 Å². The molecule has 0 spiro atoms. The zero-order chi connectivity index (χ0) is 12.2. The van der Waals surface area contributed by atoms with Crippen molar-refractivity contribution in [1.82, 2.24) is 4.90 Å². The normalized spacial score (nSPS) is 20.4. The van der Waals surface area contributed by atoms with E-state index >= 15 is 0 Å². The van der Waals surface area contributed by atoms with Gasteiger partial charge < -0.3 is 20.5 Å². The van der Waals surface area contributed by atoms with Gasteiger partial charge in [0.15, 0.2) is 0 Å². The Morgan fingerprint density at radius 3 is 2.69 bits per heavy atom. The van der Waals surface area contributed by atoms with E-state index in [1.807, 2.05) is 6.92 Å². The first-order valence-corrected chi connectivity index (χ1v) is 5.77. The maximum absolute atomic E-state index is 11.7. The first-order valence-electron chi connectivity index (χ1n) is 5.77. The molecule has 1 heterocycles. The summed E-state index contributed by atoms with van der Waals surface area (Å²) in [4.78, 5) is 13.4. The molecule has 0 radical (unpaired) electrons. The van der Waals surface area contributed by atoms with Gasteiger partial charge in [-0.15, -0.1) is 0 Å². The average Bonchev–Trinajstić information content (AvgIpc) is 2.22. The number of amides is 1. The van der Waals surface area contributed by atoms with Crippen LogP contribution in [-0.2, 0) is 9.53 Å². The summed E-state index contributed by atoms with van der Waals surface area (Å²) in [5.74, 6) is 0.0121. The van der Waals surface area contributed by atoms with Crippen molar-refractivity contribution in [2.45, 2.75) is 37.9 Å². The minimum absolute atomic E-state index is 0.0121. The lowest BCUT2D eigenvalue weighted by Crippen LogP contribution is -2.63. The number of carbonyl (C=O) groups excluding carboxylic acids is 1. The first-order chi connectivity index (χ1) is 7.54. The van der Waals surface area contributed by atoms with Crippen LogP contribution in [0.4, 0.5) is 0 Å². The Hall–Kier alpha value is -0.650. The highest BCUT2D eigenvalue weighted by molar-refractivity contribution is 5.78. The molecule has 1 amide bonds. The average molecular weight is 230 g/mol. The molecule has 1 fully saturated rings. The molecule has 0 aromatic carbocycles. The molecular weight excluding hydrogens is 208 g/mol. The number of β-amino-alcohol motifs (C(OH)–C–C–N with tert-alkyl or cyclic N) is 1. The van der Waals surface area contributed by atoms with E-state index in [0.717, 1.165) is 12.8 Å². The van der Waals surface area contributed by atoms with E-state index in [1.54, 1.807) is 12.0 Å². The molecule has 1 atom stereocenters. The van der Waals surface area contributed by atoms with Crippen LogP contribution in [0.1, 0.15) is 26.2 Å². The van der Waals surface area contributed by atoms with Crippen LogP contribution in [-0.4, -0.2) is 54.4 Å². The minimum atomic E-state index is -0.657. The van der Waals surface area contributed by atoms with Crippen molar-refractivity contribution in [1.29, 1.82) is 0 Å². The maximum Gasteiger partial charge on any atom is 0.225 e. The molecule has 16 heavy (non-hydrogen) atoms. The second-order valence-corrected chi connectivity index (χ2v) is 4.52. The number of hydrogen-bond donors (Lipinski definition) is 2. The fourth-order valence-corrected chi connectivity index (χ4v) is 2.05. The third-order valence-electron chi connectivity index (χ3n) is 3.04. The lowest BCUT2D eigenvalue weighted by atomic mass is 9.89. The number of methoxy groups -OCH3 is 1. The van der Waals surface area contributed by atoms with Crippen LogP contribution in [0.2, 0.25) is 0 Å². The van der Waals surface area contributed by atoms with E-state index in [9.17, 15) is 9.90 Å². The van der Waals surface area contributed by atoms with Crippen LogP contribution in [0.3, 0.4) is 0 Å². The Kier molecular flexibility index (Phi) is 4.70. The molecule has 5 nitrogen and oxygen atoms in total. The number of nitrogens with zero attached hydrogens (tertiary/aromatic N) is 1. The highest BCUT2D eigenvalue weighted by atomic mass is 16.5. The van der Waals surface area contributed by atoms with E-state index in [1.165, 1.54) is 0 Å².